The Kier molecular flexibility index (Phi) is 4.42. The Morgan fingerprint density at radius 3 is 2.62 bits per heavy atom. The number of carboxylic acids is 1. The maximum atomic E-state index is 12.5. The van der Waals surface area contributed by atoms with Crippen molar-refractivity contribution in [1.82, 2.24) is 4.90 Å². The first-order chi connectivity index (χ1) is 11.5. The summed E-state index contributed by atoms with van der Waals surface area (Å²) in [6.07, 6.45) is 2.35. The van der Waals surface area contributed by atoms with Gasteiger partial charge in [-0.15, -0.1) is 0 Å². The predicted molar refractivity (Wildman–Crippen MR) is 86.3 cm³/mol. The number of hydrogen-bond acceptors (Lipinski definition) is 4. The topological polar surface area (TPSA) is 87.2 Å². The number of amides is 2. The zero-order chi connectivity index (χ0) is 17.3. The van der Waals surface area contributed by atoms with E-state index in [-0.39, 0.29) is 23.9 Å². The first-order valence-corrected chi connectivity index (χ1v) is 8.10. The Hall–Kier alpha value is -2.57. The molecule has 0 radical (unpaired) electrons. The molecule has 0 spiro atoms. The fourth-order valence-electron chi connectivity index (χ4n) is 3.08. The van der Waals surface area contributed by atoms with Crippen molar-refractivity contribution in [1.29, 1.82) is 0 Å². The summed E-state index contributed by atoms with van der Waals surface area (Å²) in [5.41, 5.74) is 0.387. The summed E-state index contributed by atoms with van der Waals surface area (Å²) in [6, 6.07) is 4.33. The van der Waals surface area contributed by atoms with Crippen molar-refractivity contribution in [3.8, 4) is 5.75 Å². The normalized spacial score (nSPS) is 20.4. The highest BCUT2D eigenvalue weighted by atomic mass is 16.5. The number of hydrogen-bond donors (Lipinski definition) is 1. The SMILES string of the molecule is CC1Oc2ccc(C(=O)O)cc2N(CC(=O)N2CCCCC2)C1=O. The number of likely N-dealkylation sites (tertiary alicyclic amines) is 1. The summed E-state index contributed by atoms with van der Waals surface area (Å²) in [4.78, 5) is 39.3. The third-order valence-electron chi connectivity index (χ3n) is 4.42. The van der Waals surface area contributed by atoms with Gasteiger partial charge in [-0.05, 0) is 44.4 Å². The summed E-state index contributed by atoms with van der Waals surface area (Å²) >= 11 is 0. The summed E-state index contributed by atoms with van der Waals surface area (Å²) in [7, 11) is 0. The van der Waals surface area contributed by atoms with E-state index in [1.54, 1.807) is 11.8 Å². The minimum Gasteiger partial charge on any atom is -0.479 e. The zero-order valence-electron chi connectivity index (χ0n) is 13.5. The van der Waals surface area contributed by atoms with Gasteiger partial charge in [0.1, 0.15) is 12.3 Å². The molecule has 3 rings (SSSR count). The highest BCUT2D eigenvalue weighted by Gasteiger charge is 2.34. The summed E-state index contributed by atoms with van der Waals surface area (Å²) in [5, 5.41) is 9.16. The molecule has 128 valence electrons. The molecular formula is C17H20N2O5. The van der Waals surface area contributed by atoms with Gasteiger partial charge in [-0.3, -0.25) is 14.5 Å². The molecule has 1 aromatic carbocycles. The molecule has 1 unspecified atom stereocenters. The van der Waals surface area contributed by atoms with Gasteiger partial charge in [0, 0.05) is 13.1 Å². The Morgan fingerprint density at radius 2 is 1.96 bits per heavy atom. The van der Waals surface area contributed by atoms with Crippen LogP contribution >= 0.6 is 0 Å². The fourth-order valence-corrected chi connectivity index (χ4v) is 3.08. The van der Waals surface area contributed by atoms with Gasteiger partial charge < -0.3 is 14.7 Å². The van der Waals surface area contributed by atoms with Gasteiger partial charge >= 0.3 is 5.97 Å². The number of fused-ring (bicyclic) bond motifs is 1. The van der Waals surface area contributed by atoms with Crippen LogP contribution in [0.2, 0.25) is 0 Å². The highest BCUT2D eigenvalue weighted by Crippen LogP contribution is 2.35. The first kappa shape index (κ1) is 16.3. The molecule has 1 atom stereocenters. The maximum Gasteiger partial charge on any atom is 0.335 e. The van der Waals surface area contributed by atoms with Crippen molar-refractivity contribution in [2.75, 3.05) is 24.5 Å². The maximum absolute atomic E-state index is 12.5. The van der Waals surface area contributed by atoms with Crippen molar-refractivity contribution in [3.05, 3.63) is 23.8 Å². The van der Waals surface area contributed by atoms with Gasteiger partial charge in [0.05, 0.1) is 11.3 Å². The molecule has 2 amide bonds. The number of aromatic carboxylic acids is 1. The number of carbonyl (C=O) groups is 3. The fraction of sp³-hybridized carbons (Fsp3) is 0.471. The van der Waals surface area contributed by atoms with Crippen LogP contribution in [0.4, 0.5) is 5.69 Å². The van der Waals surface area contributed by atoms with Crippen molar-refractivity contribution in [3.63, 3.8) is 0 Å². The van der Waals surface area contributed by atoms with E-state index in [1.807, 2.05) is 0 Å². The van der Waals surface area contributed by atoms with Crippen LogP contribution in [-0.2, 0) is 9.59 Å². The van der Waals surface area contributed by atoms with Crippen LogP contribution in [-0.4, -0.2) is 53.5 Å². The van der Waals surface area contributed by atoms with Gasteiger partial charge in [-0.25, -0.2) is 4.79 Å². The number of benzene rings is 1. The molecule has 1 aromatic rings. The quantitative estimate of drug-likeness (QED) is 0.906. The minimum absolute atomic E-state index is 0.0510. The lowest BCUT2D eigenvalue weighted by molar-refractivity contribution is -0.133. The number of piperidine rings is 1. The second-order valence-corrected chi connectivity index (χ2v) is 6.11. The van der Waals surface area contributed by atoms with Crippen LogP contribution < -0.4 is 9.64 Å². The van der Waals surface area contributed by atoms with Gasteiger partial charge in [0.25, 0.3) is 5.91 Å². The Morgan fingerprint density at radius 1 is 1.25 bits per heavy atom. The summed E-state index contributed by atoms with van der Waals surface area (Å²) in [6.45, 7) is 2.93. The molecule has 0 aliphatic carbocycles. The first-order valence-electron chi connectivity index (χ1n) is 8.10. The van der Waals surface area contributed by atoms with Crippen molar-refractivity contribution >= 4 is 23.5 Å². The van der Waals surface area contributed by atoms with E-state index in [9.17, 15) is 14.4 Å². The van der Waals surface area contributed by atoms with Gasteiger partial charge in [-0.1, -0.05) is 0 Å². The molecule has 1 fully saturated rings. The van der Waals surface area contributed by atoms with Crippen molar-refractivity contribution < 1.29 is 24.2 Å². The van der Waals surface area contributed by atoms with Crippen LogP contribution in [0.15, 0.2) is 18.2 Å². The molecule has 7 nitrogen and oxygen atoms in total. The summed E-state index contributed by atoms with van der Waals surface area (Å²) < 4.78 is 5.53. The van der Waals surface area contributed by atoms with Crippen molar-refractivity contribution in [2.45, 2.75) is 32.3 Å². The zero-order valence-corrected chi connectivity index (χ0v) is 13.5. The molecule has 2 heterocycles. The van der Waals surface area contributed by atoms with E-state index in [2.05, 4.69) is 0 Å². The molecule has 0 bridgehead atoms. The second kappa shape index (κ2) is 6.51. The van der Waals surface area contributed by atoms with Crippen LogP contribution in [0.25, 0.3) is 0 Å². The van der Waals surface area contributed by atoms with E-state index in [4.69, 9.17) is 9.84 Å². The lowest BCUT2D eigenvalue weighted by Gasteiger charge is -2.35. The molecular weight excluding hydrogens is 312 g/mol. The predicted octanol–water partition coefficient (Wildman–Crippen LogP) is 1.51. The van der Waals surface area contributed by atoms with E-state index < -0.39 is 12.1 Å². The molecule has 1 N–H and O–H groups in total. The minimum atomic E-state index is -1.09. The number of rotatable bonds is 3. The van der Waals surface area contributed by atoms with Gasteiger partial charge in [-0.2, -0.15) is 0 Å². The molecule has 0 saturated carbocycles. The third-order valence-corrected chi connectivity index (χ3v) is 4.42. The third kappa shape index (κ3) is 3.06. The number of ether oxygens (including phenoxy) is 1. The number of nitrogens with zero attached hydrogens (tertiary/aromatic N) is 2. The van der Waals surface area contributed by atoms with Crippen LogP contribution in [0.5, 0.6) is 5.75 Å². The average Bonchev–Trinajstić information content (AvgIpc) is 2.59. The molecule has 24 heavy (non-hydrogen) atoms. The summed E-state index contributed by atoms with van der Waals surface area (Å²) in [5.74, 6) is -1.14. The highest BCUT2D eigenvalue weighted by molar-refractivity contribution is 6.04. The number of anilines is 1. The van der Waals surface area contributed by atoms with Crippen molar-refractivity contribution in [2.24, 2.45) is 0 Å². The largest absolute Gasteiger partial charge is 0.479 e. The standard InChI is InChI=1S/C17H20N2O5/c1-11-16(21)19(10-15(20)18-7-3-2-4-8-18)13-9-12(17(22)23)5-6-14(13)24-11/h5-6,9,11H,2-4,7-8,10H2,1H3,(H,22,23). The molecule has 7 heteroatoms. The molecule has 0 aromatic heterocycles. The molecule has 1 saturated heterocycles. The van der Waals surface area contributed by atoms with E-state index >= 15 is 0 Å². The number of carboxylic acid groups (broad SMARTS) is 1. The van der Waals surface area contributed by atoms with Gasteiger partial charge in [0.15, 0.2) is 6.10 Å². The van der Waals surface area contributed by atoms with E-state index in [0.29, 0.717) is 24.5 Å². The molecule has 2 aliphatic heterocycles. The molecule has 2 aliphatic rings. The monoisotopic (exact) mass is 332 g/mol. The van der Waals surface area contributed by atoms with E-state index in [1.165, 1.54) is 23.1 Å². The van der Waals surface area contributed by atoms with Crippen LogP contribution in [0.3, 0.4) is 0 Å². The number of carbonyl (C=O) groups excluding carboxylic acids is 2. The lowest BCUT2D eigenvalue weighted by atomic mass is 10.1. The van der Waals surface area contributed by atoms with Crippen LogP contribution in [0, 0.1) is 0 Å². The average molecular weight is 332 g/mol. The Labute approximate surface area is 139 Å². The lowest BCUT2D eigenvalue weighted by Crippen LogP contribution is -2.50. The Bertz CT molecular complexity index is 682. The Balaban J connectivity index is 1.88. The van der Waals surface area contributed by atoms with Crippen LogP contribution in [0.1, 0.15) is 36.5 Å². The second-order valence-electron chi connectivity index (χ2n) is 6.11. The van der Waals surface area contributed by atoms with Gasteiger partial charge in [0.2, 0.25) is 5.91 Å². The smallest absolute Gasteiger partial charge is 0.335 e. The van der Waals surface area contributed by atoms with E-state index in [0.717, 1.165) is 19.3 Å².